The summed E-state index contributed by atoms with van der Waals surface area (Å²) in [5.41, 5.74) is -0.332. The first-order valence-corrected chi connectivity index (χ1v) is 7.26. The number of nitriles is 1. The van der Waals surface area contributed by atoms with Gasteiger partial charge in [-0.15, -0.1) is 0 Å². The number of carboxylic acid groups (broad SMARTS) is 1. The van der Waals surface area contributed by atoms with E-state index >= 15 is 0 Å². The van der Waals surface area contributed by atoms with Crippen LogP contribution >= 0.6 is 0 Å². The molecule has 0 unspecified atom stereocenters. The Morgan fingerprint density at radius 1 is 1.50 bits per heavy atom. The van der Waals surface area contributed by atoms with Crippen molar-refractivity contribution in [1.82, 2.24) is 4.31 Å². The molecule has 1 fully saturated rings. The van der Waals surface area contributed by atoms with Gasteiger partial charge in [0.05, 0.1) is 5.56 Å². The minimum atomic E-state index is -4.13. The molecule has 1 atom stereocenters. The van der Waals surface area contributed by atoms with Gasteiger partial charge < -0.3 is 5.11 Å². The van der Waals surface area contributed by atoms with Crippen molar-refractivity contribution in [3.05, 3.63) is 29.6 Å². The topological polar surface area (TPSA) is 98.5 Å². The molecule has 0 bridgehead atoms. The zero-order valence-corrected chi connectivity index (χ0v) is 11.1. The highest BCUT2D eigenvalue weighted by molar-refractivity contribution is 7.89. The fourth-order valence-electron chi connectivity index (χ4n) is 2.22. The summed E-state index contributed by atoms with van der Waals surface area (Å²) in [4.78, 5) is 10.7. The maximum Gasteiger partial charge on any atom is 0.322 e. The van der Waals surface area contributed by atoms with Crippen LogP contribution in [-0.4, -0.2) is 36.4 Å². The monoisotopic (exact) mass is 298 g/mol. The van der Waals surface area contributed by atoms with Crippen LogP contribution in [0.15, 0.2) is 23.1 Å². The second-order valence-corrected chi connectivity index (χ2v) is 6.22. The van der Waals surface area contributed by atoms with Gasteiger partial charge in [0.25, 0.3) is 0 Å². The van der Waals surface area contributed by atoms with E-state index in [0.29, 0.717) is 6.42 Å². The van der Waals surface area contributed by atoms with Crippen LogP contribution in [0.5, 0.6) is 0 Å². The van der Waals surface area contributed by atoms with Crippen LogP contribution in [0.2, 0.25) is 0 Å². The summed E-state index contributed by atoms with van der Waals surface area (Å²) in [5.74, 6) is -1.96. The third-order valence-corrected chi connectivity index (χ3v) is 5.10. The fourth-order valence-corrected chi connectivity index (χ4v) is 3.99. The van der Waals surface area contributed by atoms with Crippen LogP contribution in [0.25, 0.3) is 0 Å². The van der Waals surface area contributed by atoms with Crippen LogP contribution in [0.1, 0.15) is 18.4 Å². The number of sulfonamides is 1. The van der Waals surface area contributed by atoms with Crippen LogP contribution in [-0.2, 0) is 14.8 Å². The summed E-state index contributed by atoms with van der Waals surface area (Å²) in [7, 11) is -4.13. The standard InChI is InChI=1S/C12H11FN2O4S/c13-9-3-4-11(8(6-9)7-14)20(18,19)15-5-1-2-10(15)12(16)17/h3-4,6,10H,1-2,5H2,(H,16,17)/t10-/m0/s1. The van der Waals surface area contributed by atoms with Crippen molar-refractivity contribution in [1.29, 1.82) is 5.26 Å². The molecule has 1 N–H and O–H groups in total. The normalized spacial score (nSPS) is 19.7. The third-order valence-electron chi connectivity index (χ3n) is 3.14. The molecule has 6 nitrogen and oxygen atoms in total. The second-order valence-electron chi connectivity index (χ2n) is 4.36. The van der Waals surface area contributed by atoms with E-state index in [4.69, 9.17) is 10.4 Å². The molecule has 1 heterocycles. The maximum atomic E-state index is 13.1. The quantitative estimate of drug-likeness (QED) is 0.895. The first kappa shape index (κ1) is 14.4. The number of halogens is 1. The Bertz CT molecular complexity index is 696. The predicted octanol–water partition coefficient (Wildman–Crippen LogP) is 0.935. The number of aliphatic carboxylic acids is 1. The number of nitrogens with zero attached hydrogens (tertiary/aromatic N) is 2. The van der Waals surface area contributed by atoms with Gasteiger partial charge in [-0.3, -0.25) is 4.79 Å². The van der Waals surface area contributed by atoms with Gasteiger partial charge >= 0.3 is 5.97 Å². The Balaban J connectivity index is 2.51. The first-order valence-electron chi connectivity index (χ1n) is 5.82. The molecule has 0 amide bonds. The van der Waals surface area contributed by atoms with Gasteiger partial charge in [-0.05, 0) is 31.0 Å². The van der Waals surface area contributed by atoms with E-state index in [1.807, 2.05) is 0 Å². The molecule has 0 aromatic heterocycles. The number of benzene rings is 1. The zero-order valence-electron chi connectivity index (χ0n) is 10.3. The van der Waals surface area contributed by atoms with E-state index in [0.717, 1.165) is 22.5 Å². The largest absolute Gasteiger partial charge is 0.480 e. The molecule has 1 saturated heterocycles. The summed E-state index contributed by atoms with van der Waals surface area (Å²) in [6, 6.07) is 3.21. The summed E-state index contributed by atoms with van der Waals surface area (Å²) in [6.07, 6.45) is 0.650. The van der Waals surface area contributed by atoms with E-state index in [2.05, 4.69) is 0 Å². The van der Waals surface area contributed by atoms with Crippen LogP contribution in [0, 0.1) is 17.1 Å². The van der Waals surface area contributed by atoms with E-state index in [9.17, 15) is 17.6 Å². The molecule has 1 aromatic carbocycles. The number of carbonyl (C=O) groups is 1. The smallest absolute Gasteiger partial charge is 0.322 e. The van der Waals surface area contributed by atoms with Crippen LogP contribution in [0.4, 0.5) is 4.39 Å². The van der Waals surface area contributed by atoms with Crippen LogP contribution in [0.3, 0.4) is 0 Å². The Labute approximate surface area is 115 Å². The van der Waals surface area contributed by atoms with E-state index in [1.165, 1.54) is 0 Å². The van der Waals surface area contributed by atoms with Crippen molar-refractivity contribution in [2.45, 2.75) is 23.8 Å². The fraction of sp³-hybridized carbons (Fsp3) is 0.333. The van der Waals surface area contributed by atoms with Gasteiger partial charge in [-0.2, -0.15) is 9.57 Å². The molecule has 0 aliphatic carbocycles. The highest BCUT2D eigenvalue weighted by Crippen LogP contribution is 2.28. The van der Waals surface area contributed by atoms with Crippen molar-refractivity contribution in [2.24, 2.45) is 0 Å². The maximum absolute atomic E-state index is 13.1. The lowest BCUT2D eigenvalue weighted by molar-refractivity contribution is -0.140. The Hall–Kier alpha value is -1.98. The first-order chi connectivity index (χ1) is 9.37. The van der Waals surface area contributed by atoms with Gasteiger partial charge in [0, 0.05) is 6.54 Å². The third kappa shape index (κ3) is 2.37. The van der Waals surface area contributed by atoms with Crippen molar-refractivity contribution >= 4 is 16.0 Å². The number of hydrogen-bond acceptors (Lipinski definition) is 4. The zero-order chi connectivity index (χ0) is 14.9. The lowest BCUT2D eigenvalue weighted by Gasteiger charge is -2.21. The van der Waals surface area contributed by atoms with Gasteiger partial charge in [-0.1, -0.05) is 0 Å². The van der Waals surface area contributed by atoms with E-state index < -0.39 is 27.9 Å². The van der Waals surface area contributed by atoms with E-state index in [-0.39, 0.29) is 23.4 Å². The molecule has 1 aliphatic rings. The van der Waals surface area contributed by atoms with Gasteiger partial charge in [-0.25, -0.2) is 12.8 Å². The predicted molar refractivity (Wildman–Crippen MR) is 65.7 cm³/mol. The summed E-state index contributed by atoms with van der Waals surface area (Å²) in [5, 5.41) is 17.9. The average Bonchev–Trinajstić information content (AvgIpc) is 2.88. The molecular weight excluding hydrogens is 287 g/mol. The SMILES string of the molecule is N#Cc1cc(F)ccc1S(=O)(=O)N1CCC[C@H]1C(=O)O. The molecule has 20 heavy (non-hydrogen) atoms. The highest BCUT2D eigenvalue weighted by atomic mass is 32.2. The average molecular weight is 298 g/mol. The molecule has 2 rings (SSSR count). The molecular formula is C12H11FN2O4S. The van der Waals surface area contributed by atoms with Gasteiger partial charge in [0.15, 0.2) is 0 Å². The van der Waals surface area contributed by atoms with Crippen molar-refractivity contribution < 1.29 is 22.7 Å². The number of hydrogen-bond donors (Lipinski definition) is 1. The minimum absolute atomic E-state index is 0.0710. The molecule has 1 aliphatic heterocycles. The molecule has 0 spiro atoms. The van der Waals surface area contributed by atoms with Crippen molar-refractivity contribution in [3.63, 3.8) is 0 Å². The van der Waals surface area contributed by atoms with Gasteiger partial charge in [0.2, 0.25) is 10.0 Å². The highest BCUT2D eigenvalue weighted by Gasteiger charge is 2.40. The Morgan fingerprint density at radius 3 is 2.80 bits per heavy atom. The molecule has 0 saturated carbocycles. The summed E-state index contributed by atoms with van der Waals surface area (Å²) in [6.45, 7) is 0.0710. The summed E-state index contributed by atoms with van der Waals surface area (Å²) < 4.78 is 38.8. The lowest BCUT2D eigenvalue weighted by atomic mass is 10.2. The minimum Gasteiger partial charge on any atom is -0.480 e. The molecule has 8 heteroatoms. The number of carboxylic acids is 1. The summed E-state index contributed by atoms with van der Waals surface area (Å²) >= 11 is 0. The molecule has 1 aromatic rings. The molecule has 0 radical (unpaired) electrons. The van der Waals surface area contributed by atoms with Crippen LogP contribution < -0.4 is 0 Å². The second kappa shape index (κ2) is 5.19. The Morgan fingerprint density at radius 2 is 2.20 bits per heavy atom. The van der Waals surface area contributed by atoms with E-state index in [1.54, 1.807) is 6.07 Å². The molecule has 106 valence electrons. The van der Waals surface area contributed by atoms with Gasteiger partial charge in [0.1, 0.15) is 22.8 Å². The Kier molecular flexibility index (Phi) is 3.74. The lowest BCUT2D eigenvalue weighted by Crippen LogP contribution is -2.40. The van der Waals surface area contributed by atoms with Crippen molar-refractivity contribution in [2.75, 3.05) is 6.54 Å². The number of rotatable bonds is 3. The van der Waals surface area contributed by atoms with Crippen molar-refractivity contribution in [3.8, 4) is 6.07 Å².